The van der Waals surface area contributed by atoms with Crippen LogP contribution in [-0.4, -0.2) is 23.6 Å². The van der Waals surface area contributed by atoms with Gasteiger partial charge in [0.1, 0.15) is 18.0 Å². The van der Waals surface area contributed by atoms with E-state index in [1.807, 2.05) is 42.3 Å². The molecule has 3 rings (SSSR count). The monoisotopic (exact) mass is 304 g/mol. The van der Waals surface area contributed by atoms with Crippen molar-refractivity contribution in [3.63, 3.8) is 0 Å². The Morgan fingerprint density at radius 3 is 2.35 bits per heavy atom. The molecule has 0 aliphatic heterocycles. The van der Waals surface area contributed by atoms with Gasteiger partial charge in [0.15, 0.2) is 0 Å². The van der Waals surface area contributed by atoms with Gasteiger partial charge in [0.05, 0.1) is 0 Å². The standard InChI is InChI=1S/C19H20N4/c1-23(17-10-6-3-7-11-17)19-14-18(21-15-22-19)20-13-12-16-8-4-2-5-9-16/h2-11,14-15H,12-13H2,1H3,(H,20,21,22). The van der Waals surface area contributed by atoms with E-state index in [4.69, 9.17) is 0 Å². The SMILES string of the molecule is CN(c1ccccc1)c1cc(NCCc2ccccc2)ncn1. The number of nitrogens with zero attached hydrogens (tertiary/aromatic N) is 3. The van der Waals surface area contributed by atoms with Crippen LogP contribution < -0.4 is 10.2 Å². The highest BCUT2D eigenvalue weighted by Crippen LogP contribution is 2.22. The van der Waals surface area contributed by atoms with Crippen molar-refractivity contribution in [1.82, 2.24) is 9.97 Å². The molecule has 4 heteroatoms. The van der Waals surface area contributed by atoms with Crippen LogP contribution in [0.2, 0.25) is 0 Å². The van der Waals surface area contributed by atoms with Gasteiger partial charge >= 0.3 is 0 Å². The molecule has 1 N–H and O–H groups in total. The second-order valence-corrected chi connectivity index (χ2v) is 5.32. The van der Waals surface area contributed by atoms with Crippen molar-refractivity contribution < 1.29 is 0 Å². The minimum atomic E-state index is 0.841. The maximum Gasteiger partial charge on any atom is 0.138 e. The number of hydrogen-bond acceptors (Lipinski definition) is 4. The quantitative estimate of drug-likeness (QED) is 0.750. The second-order valence-electron chi connectivity index (χ2n) is 5.32. The lowest BCUT2D eigenvalue weighted by atomic mass is 10.1. The van der Waals surface area contributed by atoms with Gasteiger partial charge in [-0.1, -0.05) is 48.5 Å². The van der Waals surface area contributed by atoms with Crippen LogP contribution in [0.3, 0.4) is 0 Å². The lowest BCUT2D eigenvalue weighted by Gasteiger charge is -2.18. The van der Waals surface area contributed by atoms with Gasteiger partial charge in [-0.2, -0.15) is 0 Å². The summed E-state index contributed by atoms with van der Waals surface area (Å²) >= 11 is 0. The summed E-state index contributed by atoms with van der Waals surface area (Å²) in [5.74, 6) is 1.71. The molecule has 4 nitrogen and oxygen atoms in total. The van der Waals surface area contributed by atoms with E-state index in [-0.39, 0.29) is 0 Å². The highest BCUT2D eigenvalue weighted by atomic mass is 15.2. The van der Waals surface area contributed by atoms with Crippen molar-refractivity contribution in [3.8, 4) is 0 Å². The smallest absolute Gasteiger partial charge is 0.138 e. The fourth-order valence-electron chi connectivity index (χ4n) is 2.39. The molecule has 1 heterocycles. The summed E-state index contributed by atoms with van der Waals surface area (Å²) in [5, 5.41) is 3.36. The molecule has 3 aromatic rings. The molecule has 0 amide bonds. The Morgan fingerprint density at radius 2 is 1.61 bits per heavy atom. The molecular formula is C19H20N4. The van der Waals surface area contributed by atoms with E-state index in [2.05, 4.69) is 51.7 Å². The van der Waals surface area contributed by atoms with E-state index < -0.39 is 0 Å². The fraction of sp³-hybridized carbons (Fsp3) is 0.158. The number of hydrogen-bond donors (Lipinski definition) is 1. The van der Waals surface area contributed by atoms with E-state index in [9.17, 15) is 0 Å². The van der Waals surface area contributed by atoms with Crippen LogP contribution in [0, 0.1) is 0 Å². The molecular weight excluding hydrogens is 284 g/mol. The molecule has 2 aromatic carbocycles. The molecule has 0 bridgehead atoms. The molecule has 0 radical (unpaired) electrons. The zero-order valence-corrected chi connectivity index (χ0v) is 13.2. The third-order valence-corrected chi connectivity index (χ3v) is 3.70. The zero-order valence-electron chi connectivity index (χ0n) is 13.2. The number of nitrogens with one attached hydrogen (secondary N) is 1. The topological polar surface area (TPSA) is 41.0 Å². The summed E-state index contributed by atoms with van der Waals surface area (Å²) in [4.78, 5) is 10.7. The van der Waals surface area contributed by atoms with Crippen molar-refractivity contribution in [2.75, 3.05) is 23.8 Å². The number of benzene rings is 2. The van der Waals surface area contributed by atoms with Crippen LogP contribution >= 0.6 is 0 Å². The molecule has 0 saturated heterocycles. The van der Waals surface area contributed by atoms with Gasteiger partial charge in [-0.05, 0) is 24.1 Å². The minimum Gasteiger partial charge on any atom is -0.370 e. The van der Waals surface area contributed by atoms with E-state index >= 15 is 0 Å². The maximum absolute atomic E-state index is 4.36. The van der Waals surface area contributed by atoms with Crippen molar-refractivity contribution in [2.45, 2.75) is 6.42 Å². The van der Waals surface area contributed by atoms with Crippen LogP contribution in [-0.2, 0) is 6.42 Å². The second kappa shape index (κ2) is 7.40. The summed E-state index contributed by atoms with van der Waals surface area (Å²) in [6.07, 6.45) is 2.56. The highest BCUT2D eigenvalue weighted by molar-refractivity contribution is 5.61. The Labute approximate surface area is 136 Å². The van der Waals surface area contributed by atoms with Crippen molar-refractivity contribution in [2.24, 2.45) is 0 Å². The minimum absolute atomic E-state index is 0.841. The highest BCUT2D eigenvalue weighted by Gasteiger charge is 2.06. The third kappa shape index (κ3) is 4.07. The lowest BCUT2D eigenvalue weighted by molar-refractivity contribution is 0.994. The van der Waals surface area contributed by atoms with Crippen LogP contribution in [0.4, 0.5) is 17.3 Å². The van der Waals surface area contributed by atoms with Crippen molar-refractivity contribution >= 4 is 17.3 Å². The number of anilines is 3. The normalized spacial score (nSPS) is 10.3. The molecule has 0 atom stereocenters. The van der Waals surface area contributed by atoms with Crippen LogP contribution in [0.15, 0.2) is 73.1 Å². The Balaban J connectivity index is 1.63. The van der Waals surface area contributed by atoms with Crippen molar-refractivity contribution in [1.29, 1.82) is 0 Å². The summed E-state index contributed by atoms with van der Waals surface area (Å²) < 4.78 is 0. The van der Waals surface area contributed by atoms with Crippen molar-refractivity contribution in [3.05, 3.63) is 78.6 Å². The molecule has 1 aromatic heterocycles. The first-order valence-corrected chi connectivity index (χ1v) is 7.71. The van der Waals surface area contributed by atoms with Crippen LogP contribution in [0.1, 0.15) is 5.56 Å². The van der Waals surface area contributed by atoms with Crippen LogP contribution in [0.5, 0.6) is 0 Å². The predicted molar refractivity (Wildman–Crippen MR) is 95.2 cm³/mol. The Bertz CT molecular complexity index is 729. The average Bonchev–Trinajstić information content (AvgIpc) is 2.63. The molecule has 116 valence electrons. The van der Waals surface area contributed by atoms with Gasteiger partial charge in [-0.15, -0.1) is 0 Å². The molecule has 0 spiro atoms. The first-order chi connectivity index (χ1) is 11.3. The first-order valence-electron chi connectivity index (χ1n) is 7.71. The van der Waals surface area contributed by atoms with Gasteiger partial charge < -0.3 is 10.2 Å². The molecule has 0 saturated carbocycles. The Kier molecular flexibility index (Phi) is 4.84. The van der Waals surface area contributed by atoms with E-state index in [0.29, 0.717) is 0 Å². The number of rotatable bonds is 6. The first kappa shape index (κ1) is 15.0. The van der Waals surface area contributed by atoms with Crippen LogP contribution in [0.25, 0.3) is 0 Å². The van der Waals surface area contributed by atoms with Gasteiger partial charge in [0.2, 0.25) is 0 Å². The van der Waals surface area contributed by atoms with Gasteiger partial charge in [-0.25, -0.2) is 9.97 Å². The predicted octanol–water partition coefficient (Wildman–Crippen LogP) is 3.90. The number of para-hydroxylation sites is 1. The summed E-state index contributed by atoms with van der Waals surface area (Å²) in [5.41, 5.74) is 2.41. The molecule has 0 aliphatic carbocycles. The molecule has 0 aliphatic rings. The maximum atomic E-state index is 4.36. The van der Waals surface area contributed by atoms with E-state index in [0.717, 1.165) is 30.3 Å². The summed E-state index contributed by atoms with van der Waals surface area (Å²) in [7, 11) is 2.01. The van der Waals surface area contributed by atoms with E-state index in [1.165, 1.54) is 5.56 Å². The largest absolute Gasteiger partial charge is 0.370 e. The number of aromatic nitrogens is 2. The lowest BCUT2D eigenvalue weighted by Crippen LogP contribution is -2.13. The van der Waals surface area contributed by atoms with E-state index in [1.54, 1.807) is 6.33 Å². The third-order valence-electron chi connectivity index (χ3n) is 3.70. The molecule has 0 fully saturated rings. The molecule has 23 heavy (non-hydrogen) atoms. The molecule has 0 unspecified atom stereocenters. The summed E-state index contributed by atoms with van der Waals surface area (Å²) in [6, 6.07) is 22.6. The average molecular weight is 304 g/mol. The van der Waals surface area contributed by atoms with Gasteiger partial charge in [0, 0.05) is 25.3 Å². The zero-order chi connectivity index (χ0) is 15.9. The van der Waals surface area contributed by atoms with Gasteiger partial charge in [-0.3, -0.25) is 0 Å². The summed E-state index contributed by atoms with van der Waals surface area (Å²) in [6.45, 7) is 0.843. The Hall–Kier alpha value is -2.88. The fourth-order valence-corrected chi connectivity index (χ4v) is 2.39. The Morgan fingerprint density at radius 1 is 0.913 bits per heavy atom. The van der Waals surface area contributed by atoms with Gasteiger partial charge in [0.25, 0.3) is 0 Å².